The number of hydrogen-bond donors (Lipinski definition) is 0. The van der Waals surface area contributed by atoms with Crippen LogP contribution in [0, 0.1) is 0 Å². The zero-order valence-corrected chi connectivity index (χ0v) is 15.4. The Kier molecular flexibility index (Phi) is 4.39. The fraction of sp³-hybridized carbons (Fsp3) is 0.211. The van der Waals surface area contributed by atoms with E-state index in [2.05, 4.69) is 26.9 Å². The molecule has 1 saturated heterocycles. The van der Waals surface area contributed by atoms with Gasteiger partial charge in [-0.15, -0.1) is 11.3 Å². The van der Waals surface area contributed by atoms with Crippen molar-refractivity contribution in [2.45, 2.75) is 0 Å². The van der Waals surface area contributed by atoms with Crippen LogP contribution in [0.15, 0.2) is 53.0 Å². The number of thiophene rings is 1. The largest absolute Gasteiger partial charge is 0.378 e. The third kappa shape index (κ3) is 2.88. The summed E-state index contributed by atoms with van der Waals surface area (Å²) in [7, 11) is 0. The van der Waals surface area contributed by atoms with Crippen LogP contribution in [0.5, 0.6) is 0 Å². The van der Waals surface area contributed by atoms with E-state index < -0.39 is 0 Å². The summed E-state index contributed by atoms with van der Waals surface area (Å²) in [6.07, 6.45) is 0. The molecule has 2 aromatic carbocycles. The first kappa shape index (κ1) is 15.8. The van der Waals surface area contributed by atoms with E-state index in [0.29, 0.717) is 13.2 Å². The highest BCUT2D eigenvalue weighted by Gasteiger charge is 2.25. The van der Waals surface area contributed by atoms with E-state index >= 15 is 0 Å². The highest BCUT2D eigenvalue weighted by molar-refractivity contribution is 9.10. The molecule has 0 saturated carbocycles. The SMILES string of the molecule is O=C(c1ccc(Br)cc1)c1c(N2CCOCC2)sc2ccccc12. The van der Waals surface area contributed by atoms with Gasteiger partial charge in [0.25, 0.3) is 0 Å². The van der Waals surface area contributed by atoms with E-state index in [9.17, 15) is 4.79 Å². The Hall–Kier alpha value is -1.69. The highest BCUT2D eigenvalue weighted by atomic mass is 79.9. The van der Waals surface area contributed by atoms with Crippen LogP contribution in [-0.2, 0) is 4.74 Å². The number of hydrogen-bond acceptors (Lipinski definition) is 4. The van der Waals surface area contributed by atoms with Gasteiger partial charge in [-0.2, -0.15) is 0 Å². The molecule has 3 aromatic rings. The van der Waals surface area contributed by atoms with Crippen molar-refractivity contribution in [2.75, 3.05) is 31.2 Å². The topological polar surface area (TPSA) is 29.5 Å². The molecule has 1 aliphatic heterocycles. The molecule has 2 heterocycles. The number of anilines is 1. The maximum Gasteiger partial charge on any atom is 0.196 e. The normalized spacial score (nSPS) is 15.0. The van der Waals surface area contributed by atoms with Crippen molar-refractivity contribution in [2.24, 2.45) is 0 Å². The molecule has 0 atom stereocenters. The predicted octanol–water partition coefficient (Wildman–Crippen LogP) is 4.73. The van der Waals surface area contributed by atoms with Crippen LogP contribution in [0.1, 0.15) is 15.9 Å². The second-order valence-electron chi connectivity index (χ2n) is 5.71. The van der Waals surface area contributed by atoms with Crippen molar-refractivity contribution in [1.29, 1.82) is 0 Å². The van der Waals surface area contributed by atoms with Gasteiger partial charge in [0.05, 0.1) is 18.8 Å². The molecule has 0 radical (unpaired) electrons. The maximum atomic E-state index is 13.2. The number of ketones is 1. The first-order valence-corrected chi connectivity index (χ1v) is 9.49. The van der Waals surface area contributed by atoms with Crippen molar-refractivity contribution in [3.05, 3.63) is 64.1 Å². The zero-order chi connectivity index (χ0) is 16.5. The lowest BCUT2D eigenvalue weighted by molar-refractivity contribution is 0.103. The smallest absolute Gasteiger partial charge is 0.196 e. The summed E-state index contributed by atoms with van der Waals surface area (Å²) in [6.45, 7) is 3.07. The molecule has 1 aromatic heterocycles. The molecular weight excluding hydrogens is 386 g/mol. The van der Waals surface area contributed by atoms with Gasteiger partial charge < -0.3 is 9.64 Å². The number of ether oxygens (including phenoxy) is 1. The van der Waals surface area contributed by atoms with Crippen LogP contribution in [0.4, 0.5) is 5.00 Å². The number of carbonyl (C=O) groups excluding carboxylic acids is 1. The average molecular weight is 402 g/mol. The molecule has 24 heavy (non-hydrogen) atoms. The minimum absolute atomic E-state index is 0.0847. The molecule has 0 unspecified atom stereocenters. The molecule has 1 fully saturated rings. The summed E-state index contributed by atoms with van der Waals surface area (Å²) >= 11 is 5.13. The van der Waals surface area contributed by atoms with Crippen LogP contribution < -0.4 is 4.90 Å². The minimum atomic E-state index is 0.0847. The summed E-state index contributed by atoms with van der Waals surface area (Å²) in [5.41, 5.74) is 1.54. The Balaban J connectivity index is 1.85. The number of rotatable bonds is 3. The Labute approximate surface area is 153 Å². The first-order chi connectivity index (χ1) is 11.7. The average Bonchev–Trinajstić information content (AvgIpc) is 3.02. The predicted molar refractivity (Wildman–Crippen MR) is 102 cm³/mol. The molecule has 0 N–H and O–H groups in total. The van der Waals surface area contributed by atoms with Crippen LogP contribution >= 0.6 is 27.3 Å². The summed E-state index contributed by atoms with van der Waals surface area (Å²) in [6, 6.07) is 15.7. The lowest BCUT2D eigenvalue weighted by Gasteiger charge is -2.28. The summed E-state index contributed by atoms with van der Waals surface area (Å²) < 4.78 is 7.59. The second-order valence-corrected chi connectivity index (χ2v) is 7.66. The van der Waals surface area contributed by atoms with E-state index in [1.54, 1.807) is 11.3 Å². The van der Waals surface area contributed by atoms with Crippen molar-refractivity contribution < 1.29 is 9.53 Å². The lowest BCUT2D eigenvalue weighted by atomic mass is 10.0. The van der Waals surface area contributed by atoms with Gasteiger partial charge in [-0.25, -0.2) is 0 Å². The van der Waals surface area contributed by atoms with Gasteiger partial charge in [0, 0.05) is 33.2 Å². The molecule has 122 valence electrons. The zero-order valence-electron chi connectivity index (χ0n) is 13.0. The van der Waals surface area contributed by atoms with E-state index in [4.69, 9.17) is 4.74 Å². The van der Waals surface area contributed by atoms with Crippen molar-refractivity contribution >= 4 is 48.1 Å². The third-order valence-corrected chi connectivity index (χ3v) is 5.97. The molecule has 0 amide bonds. The number of benzene rings is 2. The molecule has 3 nitrogen and oxygen atoms in total. The molecule has 4 rings (SSSR count). The van der Waals surface area contributed by atoms with Crippen LogP contribution in [0.25, 0.3) is 10.1 Å². The van der Waals surface area contributed by atoms with E-state index in [1.807, 2.05) is 42.5 Å². The minimum Gasteiger partial charge on any atom is -0.378 e. The monoisotopic (exact) mass is 401 g/mol. The number of halogens is 1. The standard InChI is InChI=1S/C19H16BrNO2S/c20-14-7-5-13(6-8-14)18(22)17-15-3-1-2-4-16(15)24-19(17)21-9-11-23-12-10-21/h1-8H,9-12H2. The van der Waals surface area contributed by atoms with Crippen molar-refractivity contribution in [1.82, 2.24) is 0 Å². The van der Waals surface area contributed by atoms with Crippen molar-refractivity contribution in [3.63, 3.8) is 0 Å². The molecule has 0 aliphatic carbocycles. The number of fused-ring (bicyclic) bond motifs is 1. The highest BCUT2D eigenvalue weighted by Crippen LogP contribution is 2.39. The van der Waals surface area contributed by atoms with Crippen LogP contribution in [0.3, 0.4) is 0 Å². The number of carbonyl (C=O) groups is 1. The van der Waals surface area contributed by atoms with E-state index in [-0.39, 0.29) is 5.78 Å². The van der Waals surface area contributed by atoms with Gasteiger partial charge in [-0.3, -0.25) is 4.79 Å². The summed E-state index contributed by atoms with van der Waals surface area (Å²) in [4.78, 5) is 15.5. The lowest BCUT2D eigenvalue weighted by Crippen LogP contribution is -2.36. The van der Waals surface area contributed by atoms with Crippen LogP contribution in [0.2, 0.25) is 0 Å². The second kappa shape index (κ2) is 6.67. The van der Waals surface area contributed by atoms with Crippen LogP contribution in [-0.4, -0.2) is 32.1 Å². The fourth-order valence-electron chi connectivity index (χ4n) is 2.99. The number of nitrogens with zero attached hydrogens (tertiary/aromatic N) is 1. The van der Waals surface area contributed by atoms with Gasteiger partial charge >= 0.3 is 0 Å². The molecule has 5 heteroatoms. The molecule has 0 spiro atoms. The van der Waals surface area contributed by atoms with Gasteiger partial charge in [-0.05, 0) is 30.3 Å². The Morgan fingerprint density at radius 1 is 1.04 bits per heavy atom. The third-order valence-electron chi connectivity index (χ3n) is 4.21. The fourth-order valence-corrected chi connectivity index (χ4v) is 4.50. The van der Waals surface area contributed by atoms with Gasteiger partial charge in [0.2, 0.25) is 0 Å². The summed E-state index contributed by atoms with van der Waals surface area (Å²) in [5.74, 6) is 0.0847. The quantitative estimate of drug-likeness (QED) is 0.594. The van der Waals surface area contributed by atoms with E-state index in [0.717, 1.165) is 43.8 Å². The van der Waals surface area contributed by atoms with Crippen molar-refractivity contribution in [3.8, 4) is 0 Å². The maximum absolute atomic E-state index is 13.2. The summed E-state index contributed by atoms with van der Waals surface area (Å²) in [5, 5.41) is 2.10. The molecule has 0 bridgehead atoms. The van der Waals surface area contributed by atoms with Gasteiger partial charge in [0.15, 0.2) is 5.78 Å². The number of morpholine rings is 1. The van der Waals surface area contributed by atoms with Gasteiger partial charge in [-0.1, -0.05) is 34.1 Å². The van der Waals surface area contributed by atoms with Gasteiger partial charge in [0.1, 0.15) is 5.00 Å². The Morgan fingerprint density at radius 2 is 1.75 bits per heavy atom. The van der Waals surface area contributed by atoms with E-state index in [1.165, 1.54) is 0 Å². The first-order valence-electron chi connectivity index (χ1n) is 7.88. The Bertz CT molecular complexity index is 882. The molecular formula is C19H16BrNO2S. The Morgan fingerprint density at radius 3 is 2.50 bits per heavy atom. The molecule has 1 aliphatic rings.